The Kier molecular flexibility index (Phi) is 4.94. The van der Waals surface area contributed by atoms with Crippen LogP contribution in [0, 0.1) is 0 Å². The van der Waals surface area contributed by atoms with Gasteiger partial charge in [-0.1, -0.05) is 0 Å². The average Bonchev–Trinajstić information content (AvgIpc) is 1.84. The molecule has 0 heterocycles. The molecule has 0 aliphatic rings. The highest BCUT2D eigenvalue weighted by Gasteiger charge is 2.22. The molecule has 0 rings (SSSR count). The number of halogens is 1. The highest BCUT2D eigenvalue weighted by Crippen LogP contribution is 2.44. The molecule has 0 saturated carbocycles. The monoisotopic (exact) mass is 198 g/mol. The van der Waals surface area contributed by atoms with Gasteiger partial charge in [0.1, 0.15) is 0 Å². The lowest BCUT2D eigenvalue weighted by atomic mass is 10.4. The standard InChI is InChI=1S/C6H16FN2O2P/c1-8(2)5-4-6-9(3)12(7,10)11/h4-6H2,1-3H3,(H,10,11). The third-order valence-corrected chi connectivity index (χ3v) is 2.55. The topological polar surface area (TPSA) is 43.8 Å². The lowest BCUT2D eigenvalue weighted by Gasteiger charge is -2.17. The second-order valence-electron chi connectivity index (χ2n) is 3.01. The van der Waals surface area contributed by atoms with Crippen LogP contribution in [0.4, 0.5) is 4.20 Å². The molecule has 1 N–H and O–H groups in total. The van der Waals surface area contributed by atoms with Gasteiger partial charge in [-0.3, -0.25) is 0 Å². The maximum absolute atomic E-state index is 12.3. The van der Waals surface area contributed by atoms with E-state index in [4.69, 9.17) is 4.89 Å². The zero-order valence-electron chi connectivity index (χ0n) is 7.70. The van der Waals surface area contributed by atoms with E-state index in [1.54, 1.807) is 0 Å². The minimum atomic E-state index is -4.50. The van der Waals surface area contributed by atoms with Gasteiger partial charge < -0.3 is 9.79 Å². The summed E-state index contributed by atoms with van der Waals surface area (Å²) in [4.78, 5) is 10.4. The van der Waals surface area contributed by atoms with Gasteiger partial charge >= 0.3 is 7.83 Å². The van der Waals surface area contributed by atoms with Crippen LogP contribution in [0.25, 0.3) is 0 Å². The molecule has 12 heavy (non-hydrogen) atoms. The largest absolute Gasteiger partial charge is 0.442 e. The SMILES string of the molecule is CN(C)CCCN(C)P(=O)(O)F. The fraction of sp³-hybridized carbons (Fsp3) is 1.00. The smallest absolute Gasteiger partial charge is 0.309 e. The van der Waals surface area contributed by atoms with Crippen LogP contribution in [0.2, 0.25) is 0 Å². The molecule has 0 amide bonds. The molecule has 74 valence electrons. The second-order valence-corrected chi connectivity index (χ2v) is 4.64. The predicted octanol–water partition coefficient (Wildman–Crippen LogP) is 0.940. The Hall–Kier alpha value is 0.0400. The molecule has 1 atom stereocenters. The van der Waals surface area contributed by atoms with E-state index in [0.717, 1.165) is 11.2 Å². The molecular formula is C6H16FN2O2P. The third kappa shape index (κ3) is 5.66. The summed E-state index contributed by atoms with van der Waals surface area (Å²) >= 11 is 0. The van der Waals surface area contributed by atoms with Crippen molar-refractivity contribution in [3.63, 3.8) is 0 Å². The molecule has 0 saturated heterocycles. The van der Waals surface area contributed by atoms with Crippen molar-refractivity contribution in [1.82, 2.24) is 9.57 Å². The van der Waals surface area contributed by atoms with Crippen molar-refractivity contribution in [3.8, 4) is 0 Å². The third-order valence-electron chi connectivity index (χ3n) is 1.51. The van der Waals surface area contributed by atoms with Crippen LogP contribution in [-0.2, 0) is 4.57 Å². The first-order chi connectivity index (χ1) is 5.34. The van der Waals surface area contributed by atoms with Crippen LogP contribution >= 0.6 is 7.83 Å². The highest BCUT2D eigenvalue weighted by atomic mass is 31.2. The van der Waals surface area contributed by atoms with Gasteiger partial charge in [0, 0.05) is 6.54 Å². The zero-order valence-corrected chi connectivity index (χ0v) is 8.59. The Morgan fingerprint density at radius 3 is 2.17 bits per heavy atom. The zero-order chi connectivity index (χ0) is 9.78. The van der Waals surface area contributed by atoms with E-state index >= 15 is 0 Å². The van der Waals surface area contributed by atoms with Crippen LogP contribution in [0.5, 0.6) is 0 Å². The van der Waals surface area contributed by atoms with Crippen molar-refractivity contribution in [2.45, 2.75) is 6.42 Å². The molecule has 0 spiro atoms. The summed E-state index contributed by atoms with van der Waals surface area (Å²) in [6.07, 6.45) is 0.679. The molecule has 0 radical (unpaired) electrons. The summed E-state index contributed by atoms with van der Waals surface area (Å²) in [6.45, 7) is 1.08. The minimum Gasteiger partial charge on any atom is -0.309 e. The number of nitrogens with zero attached hydrogens (tertiary/aromatic N) is 2. The minimum absolute atomic E-state index is 0.294. The Morgan fingerprint density at radius 1 is 1.33 bits per heavy atom. The molecule has 0 aromatic heterocycles. The molecule has 1 unspecified atom stereocenters. The number of hydrogen-bond donors (Lipinski definition) is 1. The first-order valence-corrected chi connectivity index (χ1v) is 5.23. The van der Waals surface area contributed by atoms with E-state index in [2.05, 4.69) is 0 Å². The van der Waals surface area contributed by atoms with Gasteiger partial charge in [-0.2, -0.15) is 0 Å². The average molecular weight is 198 g/mol. The maximum atomic E-state index is 12.3. The molecule has 4 nitrogen and oxygen atoms in total. The van der Waals surface area contributed by atoms with Gasteiger partial charge in [0.25, 0.3) is 0 Å². The van der Waals surface area contributed by atoms with E-state index in [-0.39, 0.29) is 0 Å². The van der Waals surface area contributed by atoms with E-state index in [9.17, 15) is 8.76 Å². The lowest BCUT2D eigenvalue weighted by molar-refractivity contribution is 0.316. The van der Waals surface area contributed by atoms with Gasteiger partial charge in [-0.15, -0.1) is 4.20 Å². The van der Waals surface area contributed by atoms with Gasteiger partial charge in [0.2, 0.25) is 0 Å². The summed E-state index contributed by atoms with van der Waals surface area (Å²) < 4.78 is 23.6. The molecular weight excluding hydrogens is 182 g/mol. The van der Waals surface area contributed by atoms with E-state index in [1.807, 2.05) is 19.0 Å². The highest BCUT2D eigenvalue weighted by molar-refractivity contribution is 7.49. The van der Waals surface area contributed by atoms with Gasteiger partial charge in [0.15, 0.2) is 0 Å². The summed E-state index contributed by atoms with van der Waals surface area (Å²) in [5, 5.41) is 0. The summed E-state index contributed by atoms with van der Waals surface area (Å²) in [6, 6.07) is 0. The summed E-state index contributed by atoms with van der Waals surface area (Å²) in [5.74, 6) is 0. The molecule has 0 aliphatic carbocycles. The fourth-order valence-corrected chi connectivity index (χ4v) is 1.13. The first-order valence-electron chi connectivity index (χ1n) is 3.73. The molecule has 0 fully saturated rings. The number of rotatable bonds is 5. The van der Waals surface area contributed by atoms with Gasteiger partial charge in [-0.25, -0.2) is 9.24 Å². The van der Waals surface area contributed by atoms with Crippen LogP contribution in [-0.4, -0.2) is 48.7 Å². The summed E-state index contributed by atoms with van der Waals surface area (Å²) in [5.41, 5.74) is 0. The quantitative estimate of drug-likeness (QED) is 0.668. The lowest BCUT2D eigenvalue weighted by Crippen LogP contribution is -2.20. The number of hydrogen-bond acceptors (Lipinski definition) is 2. The van der Waals surface area contributed by atoms with Crippen molar-refractivity contribution in [3.05, 3.63) is 0 Å². The molecule has 0 aromatic carbocycles. The Balaban J connectivity index is 3.59. The predicted molar refractivity (Wildman–Crippen MR) is 46.7 cm³/mol. The molecule has 6 heteroatoms. The summed E-state index contributed by atoms with van der Waals surface area (Å²) in [7, 11) is 0.594. The van der Waals surface area contributed by atoms with Crippen molar-refractivity contribution in [2.24, 2.45) is 0 Å². The molecule has 0 aromatic rings. The van der Waals surface area contributed by atoms with Crippen LogP contribution in [0.1, 0.15) is 6.42 Å². The van der Waals surface area contributed by atoms with Crippen LogP contribution in [0.15, 0.2) is 0 Å². The van der Waals surface area contributed by atoms with E-state index in [0.29, 0.717) is 13.0 Å². The molecule has 0 bridgehead atoms. The van der Waals surface area contributed by atoms with Crippen LogP contribution < -0.4 is 0 Å². The van der Waals surface area contributed by atoms with E-state index in [1.165, 1.54) is 7.05 Å². The Morgan fingerprint density at radius 2 is 1.83 bits per heavy atom. The van der Waals surface area contributed by atoms with Crippen molar-refractivity contribution < 1.29 is 13.7 Å². The van der Waals surface area contributed by atoms with Crippen LogP contribution in [0.3, 0.4) is 0 Å². The Bertz CT molecular complexity index is 171. The van der Waals surface area contributed by atoms with Crippen molar-refractivity contribution in [1.29, 1.82) is 0 Å². The second kappa shape index (κ2) is 4.92. The van der Waals surface area contributed by atoms with Gasteiger partial charge in [-0.05, 0) is 34.1 Å². The van der Waals surface area contributed by atoms with Crippen molar-refractivity contribution >= 4 is 7.83 Å². The first kappa shape index (κ1) is 12.0. The maximum Gasteiger partial charge on any atom is 0.442 e. The fourth-order valence-electron chi connectivity index (χ4n) is 0.739. The van der Waals surface area contributed by atoms with E-state index < -0.39 is 7.83 Å². The van der Waals surface area contributed by atoms with Crippen molar-refractivity contribution in [2.75, 3.05) is 34.2 Å². The molecule has 0 aliphatic heterocycles. The normalized spacial score (nSPS) is 16.9. The van der Waals surface area contributed by atoms with Gasteiger partial charge in [0.05, 0.1) is 0 Å². The Labute approximate surface area is 72.6 Å².